The number of rotatable bonds is 0. The molecule has 0 bridgehead atoms. The van der Waals surface area contributed by atoms with Gasteiger partial charge in [0.05, 0.1) is 13.2 Å². The minimum absolute atomic E-state index is 0.561. The van der Waals surface area contributed by atoms with Crippen LogP contribution in [0.2, 0.25) is 0 Å². The summed E-state index contributed by atoms with van der Waals surface area (Å²) in [7, 11) is -1.19. The highest BCUT2D eigenvalue weighted by atomic mass is 35.7. The first-order chi connectivity index (χ1) is 5.86. The SMILES string of the molecule is ClP1OCc2ccccc2CO1. The number of benzene rings is 1. The Bertz CT molecular complexity index is 253. The number of fused-ring (bicyclic) bond motifs is 1. The van der Waals surface area contributed by atoms with Crippen molar-refractivity contribution >= 4 is 19.0 Å². The van der Waals surface area contributed by atoms with Crippen molar-refractivity contribution < 1.29 is 9.05 Å². The molecule has 1 aromatic carbocycles. The van der Waals surface area contributed by atoms with Crippen LogP contribution in [-0.2, 0) is 22.3 Å². The van der Waals surface area contributed by atoms with Gasteiger partial charge in [-0.15, -0.1) is 0 Å². The quantitative estimate of drug-likeness (QED) is 0.602. The van der Waals surface area contributed by atoms with Crippen molar-refractivity contribution in [1.82, 2.24) is 0 Å². The molecule has 0 saturated heterocycles. The highest BCUT2D eigenvalue weighted by Crippen LogP contribution is 2.47. The van der Waals surface area contributed by atoms with Crippen LogP contribution >= 0.6 is 19.0 Å². The van der Waals surface area contributed by atoms with Crippen LogP contribution in [0.3, 0.4) is 0 Å². The molecule has 2 nitrogen and oxygen atoms in total. The van der Waals surface area contributed by atoms with Crippen LogP contribution in [0.4, 0.5) is 0 Å². The van der Waals surface area contributed by atoms with Crippen LogP contribution in [0, 0.1) is 0 Å². The van der Waals surface area contributed by atoms with Crippen molar-refractivity contribution in [3.05, 3.63) is 35.4 Å². The molecule has 64 valence electrons. The second-order valence-electron chi connectivity index (χ2n) is 2.53. The molecular formula is C8H8ClO2P. The Balaban J connectivity index is 2.26. The van der Waals surface area contributed by atoms with E-state index in [1.807, 2.05) is 24.3 Å². The molecular weight excluding hydrogens is 195 g/mol. The highest BCUT2D eigenvalue weighted by Gasteiger charge is 2.14. The van der Waals surface area contributed by atoms with E-state index in [0.717, 1.165) is 0 Å². The summed E-state index contributed by atoms with van der Waals surface area (Å²) >= 11 is 5.73. The molecule has 0 radical (unpaired) electrons. The van der Waals surface area contributed by atoms with E-state index in [0.29, 0.717) is 13.2 Å². The van der Waals surface area contributed by atoms with Crippen LogP contribution in [0.1, 0.15) is 11.1 Å². The Morgan fingerprint density at radius 2 is 1.58 bits per heavy atom. The molecule has 0 N–H and O–H groups in total. The molecule has 0 atom stereocenters. The molecule has 0 saturated carbocycles. The van der Waals surface area contributed by atoms with Gasteiger partial charge in [-0.05, 0) is 22.4 Å². The van der Waals surface area contributed by atoms with Gasteiger partial charge in [-0.25, -0.2) is 0 Å². The molecule has 0 fully saturated rings. The Morgan fingerprint density at radius 1 is 1.08 bits per heavy atom. The molecule has 1 aromatic rings. The number of hydrogen-bond acceptors (Lipinski definition) is 2. The zero-order chi connectivity index (χ0) is 8.39. The second-order valence-corrected chi connectivity index (χ2v) is 4.30. The first kappa shape index (κ1) is 8.46. The lowest BCUT2D eigenvalue weighted by Crippen LogP contribution is -1.89. The van der Waals surface area contributed by atoms with E-state index >= 15 is 0 Å². The molecule has 1 heterocycles. The average molecular weight is 203 g/mol. The first-order valence-electron chi connectivity index (χ1n) is 3.65. The smallest absolute Gasteiger partial charge is 0.277 e. The molecule has 0 aromatic heterocycles. The van der Waals surface area contributed by atoms with Gasteiger partial charge in [-0.2, -0.15) is 0 Å². The van der Waals surface area contributed by atoms with Crippen LogP contribution < -0.4 is 0 Å². The van der Waals surface area contributed by atoms with E-state index in [2.05, 4.69) is 0 Å². The van der Waals surface area contributed by atoms with Gasteiger partial charge in [-0.1, -0.05) is 24.3 Å². The maximum absolute atomic E-state index is 5.73. The lowest BCUT2D eigenvalue weighted by atomic mass is 10.1. The van der Waals surface area contributed by atoms with E-state index in [1.54, 1.807) is 0 Å². The summed E-state index contributed by atoms with van der Waals surface area (Å²) in [6, 6.07) is 8.04. The Morgan fingerprint density at radius 3 is 2.08 bits per heavy atom. The third-order valence-corrected chi connectivity index (χ3v) is 3.01. The molecule has 0 spiro atoms. The third kappa shape index (κ3) is 1.78. The minimum atomic E-state index is -1.19. The van der Waals surface area contributed by atoms with Gasteiger partial charge < -0.3 is 9.05 Å². The fourth-order valence-electron chi connectivity index (χ4n) is 1.12. The van der Waals surface area contributed by atoms with Crippen molar-refractivity contribution in [2.75, 3.05) is 0 Å². The predicted molar refractivity (Wildman–Crippen MR) is 48.8 cm³/mol. The van der Waals surface area contributed by atoms with E-state index < -0.39 is 7.73 Å². The fourth-order valence-corrected chi connectivity index (χ4v) is 1.97. The van der Waals surface area contributed by atoms with Gasteiger partial charge in [0.25, 0.3) is 7.73 Å². The summed E-state index contributed by atoms with van der Waals surface area (Å²) in [5.74, 6) is 0. The summed E-state index contributed by atoms with van der Waals surface area (Å²) in [6.45, 7) is 1.12. The summed E-state index contributed by atoms with van der Waals surface area (Å²) in [6.07, 6.45) is 0. The van der Waals surface area contributed by atoms with Crippen molar-refractivity contribution in [2.45, 2.75) is 13.2 Å². The maximum Gasteiger partial charge on any atom is 0.277 e. The highest BCUT2D eigenvalue weighted by molar-refractivity contribution is 7.76. The molecule has 12 heavy (non-hydrogen) atoms. The van der Waals surface area contributed by atoms with E-state index in [4.69, 9.17) is 20.3 Å². The Hall–Kier alpha value is -0.140. The molecule has 0 amide bonds. The molecule has 1 aliphatic heterocycles. The van der Waals surface area contributed by atoms with Crippen LogP contribution in [0.5, 0.6) is 0 Å². The Kier molecular flexibility index (Phi) is 2.62. The van der Waals surface area contributed by atoms with Crippen LogP contribution in [0.15, 0.2) is 24.3 Å². The monoisotopic (exact) mass is 202 g/mol. The summed E-state index contributed by atoms with van der Waals surface area (Å²) in [5, 5.41) is 0. The van der Waals surface area contributed by atoms with Crippen molar-refractivity contribution in [3.63, 3.8) is 0 Å². The van der Waals surface area contributed by atoms with E-state index in [1.165, 1.54) is 11.1 Å². The largest absolute Gasteiger partial charge is 0.317 e. The van der Waals surface area contributed by atoms with Crippen molar-refractivity contribution in [2.24, 2.45) is 0 Å². The number of hydrogen-bond donors (Lipinski definition) is 0. The zero-order valence-electron chi connectivity index (χ0n) is 6.37. The maximum atomic E-state index is 5.73. The molecule has 0 unspecified atom stereocenters. The van der Waals surface area contributed by atoms with Gasteiger partial charge in [0.2, 0.25) is 0 Å². The Labute approximate surface area is 77.2 Å². The zero-order valence-corrected chi connectivity index (χ0v) is 8.02. The normalized spacial score (nSPS) is 18.4. The second kappa shape index (κ2) is 3.71. The molecule has 2 rings (SSSR count). The molecule has 0 aliphatic carbocycles. The average Bonchev–Trinajstić information content (AvgIpc) is 2.29. The topological polar surface area (TPSA) is 18.5 Å². The van der Waals surface area contributed by atoms with Gasteiger partial charge in [0, 0.05) is 0 Å². The molecule has 4 heteroatoms. The summed E-state index contributed by atoms with van der Waals surface area (Å²) in [4.78, 5) is 0. The van der Waals surface area contributed by atoms with Gasteiger partial charge in [0.15, 0.2) is 0 Å². The minimum Gasteiger partial charge on any atom is -0.317 e. The summed E-state index contributed by atoms with van der Waals surface area (Å²) < 4.78 is 10.5. The van der Waals surface area contributed by atoms with Crippen LogP contribution in [-0.4, -0.2) is 0 Å². The van der Waals surface area contributed by atoms with Gasteiger partial charge >= 0.3 is 0 Å². The van der Waals surface area contributed by atoms with E-state index in [9.17, 15) is 0 Å². The van der Waals surface area contributed by atoms with Gasteiger partial charge in [-0.3, -0.25) is 0 Å². The predicted octanol–water partition coefficient (Wildman–Crippen LogP) is 3.20. The fraction of sp³-hybridized carbons (Fsp3) is 0.250. The standard InChI is InChI=1S/C8H8ClO2P/c9-12-10-5-7-3-1-2-4-8(7)6-11-12/h1-4H,5-6H2. The van der Waals surface area contributed by atoms with Crippen LogP contribution in [0.25, 0.3) is 0 Å². The first-order valence-corrected chi connectivity index (χ1v) is 5.73. The third-order valence-electron chi connectivity index (χ3n) is 1.76. The van der Waals surface area contributed by atoms with E-state index in [-0.39, 0.29) is 0 Å². The van der Waals surface area contributed by atoms with Gasteiger partial charge in [0.1, 0.15) is 0 Å². The summed E-state index contributed by atoms with van der Waals surface area (Å²) in [5.41, 5.74) is 2.34. The number of halogens is 1. The molecule has 1 aliphatic rings. The van der Waals surface area contributed by atoms with Crippen molar-refractivity contribution in [3.8, 4) is 0 Å². The van der Waals surface area contributed by atoms with Crippen molar-refractivity contribution in [1.29, 1.82) is 0 Å². The lowest BCUT2D eigenvalue weighted by molar-refractivity contribution is 0.267. The lowest BCUT2D eigenvalue weighted by Gasteiger charge is -2.02.